The molecule has 4 heteroatoms. The number of pyridine rings is 1. The summed E-state index contributed by atoms with van der Waals surface area (Å²) in [4.78, 5) is 0. The molecular weight excluding hydrogens is 446 g/mol. The van der Waals surface area contributed by atoms with Gasteiger partial charge in [0.05, 0.1) is 18.8 Å². The van der Waals surface area contributed by atoms with E-state index in [0.717, 1.165) is 50.0 Å². The van der Waals surface area contributed by atoms with E-state index in [2.05, 4.69) is 79.5 Å². The van der Waals surface area contributed by atoms with Crippen LogP contribution in [0.4, 0.5) is 0 Å². The number of fused-ring (bicyclic) bond motifs is 1. The van der Waals surface area contributed by atoms with Gasteiger partial charge in [0.25, 0.3) is 0 Å². The fraction of sp³-hybridized carbons (Fsp3) is 0.156. The van der Waals surface area contributed by atoms with Crippen molar-refractivity contribution in [1.29, 1.82) is 0 Å². The van der Waals surface area contributed by atoms with E-state index in [9.17, 15) is 10.2 Å². The molecule has 3 aromatic carbocycles. The van der Waals surface area contributed by atoms with Gasteiger partial charge in [-0.1, -0.05) is 60.7 Å². The molecule has 1 heterocycles. The minimum Gasteiger partial charge on any atom is -0.392 e. The molecule has 0 aliphatic heterocycles. The normalized spacial score (nSPS) is 14.9. The molecule has 0 radical (unpaired) electrons. The lowest BCUT2D eigenvalue weighted by molar-refractivity contribution is -0.495. The highest BCUT2D eigenvalue weighted by molar-refractivity contribution is 5.80. The SMILES string of the molecule is C=[n+]1c(-c2cc(-c3ccccc3)cc(-c3ccccc3)c2)cc2c(c1C)C(OC)C(CO)=C(CO)C=2. The van der Waals surface area contributed by atoms with Gasteiger partial charge in [0, 0.05) is 25.7 Å². The molecular formula is C32H30NO3+. The number of hydrogen-bond acceptors (Lipinski definition) is 3. The molecule has 180 valence electrons. The molecule has 0 saturated heterocycles. The van der Waals surface area contributed by atoms with Crippen molar-refractivity contribution in [2.45, 2.75) is 13.0 Å². The Kier molecular flexibility index (Phi) is 6.66. The van der Waals surface area contributed by atoms with Crippen molar-refractivity contribution < 1.29 is 19.2 Å². The molecule has 4 aromatic rings. The second-order valence-electron chi connectivity index (χ2n) is 9.07. The Morgan fingerprint density at radius 3 is 1.83 bits per heavy atom. The lowest BCUT2D eigenvalue weighted by Gasteiger charge is -2.24. The van der Waals surface area contributed by atoms with Gasteiger partial charge in [-0.25, -0.2) is 0 Å². The first-order valence-corrected chi connectivity index (χ1v) is 12.0. The number of rotatable bonds is 6. The summed E-state index contributed by atoms with van der Waals surface area (Å²) >= 11 is 0. The van der Waals surface area contributed by atoms with Gasteiger partial charge in [-0.05, 0) is 62.9 Å². The first kappa shape index (κ1) is 23.9. The van der Waals surface area contributed by atoms with Crippen LogP contribution in [-0.4, -0.2) is 30.5 Å². The lowest BCUT2D eigenvalue weighted by Crippen LogP contribution is -2.34. The van der Waals surface area contributed by atoms with Crippen LogP contribution in [0.5, 0.6) is 0 Å². The summed E-state index contributed by atoms with van der Waals surface area (Å²) in [5.74, 6) is 0. The highest BCUT2D eigenvalue weighted by Crippen LogP contribution is 2.34. The van der Waals surface area contributed by atoms with Crippen LogP contribution in [0.15, 0.2) is 96.1 Å². The van der Waals surface area contributed by atoms with Crippen molar-refractivity contribution in [3.05, 3.63) is 119 Å². The average Bonchev–Trinajstić information content (AvgIpc) is 2.94. The summed E-state index contributed by atoms with van der Waals surface area (Å²) in [5.41, 5.74) is 9.81. The van der Waals surface area contributed by atoms with Crippen LogP contribution in [0.3, 0.4) is 0 Å². The van der Waals surface area contributed by atoms with E-state index in [-0.39, 0.29) is 13.2 Å². The Morgan fingerprint density at radius 1 is 0.778 bits per heavy atom. The summed E-state index contributed by atoms with van der Waals surface area (Å²) in [7, 11) is 1.63. The minimum absolute atomic E-state index is 0.162. The second kappa shape index (κ2) is 10.0. The monoisotopic (exact) mass is 476 g/mol. The maximum Gasteiger partial charge on any atom is 0.218 e. The second-order valence-corrected chi connectivity index (χ2v) is 9.07. The number of aliphatic hydroxyl groups is 2. The lowest BCUT2D eigenvalue weighted by atomic mass is 9.88. The Morgan fingerprint density at radius 2 is 1.33 bits per heavy atom. The fourth-order valence-corrected chi connectivity index (χ4v) is 5.12. The molecule has 36 heavy (non-hydrogen) atoms. The van der Waals surface area contributed by atoms with E-state index in [1.807, 2.05) is 29.4 Å². The number of aromatic nitrogens is 1. The smallest absolute Gasteiger partial charge is 0.218 e. The Labute approximate surface area is 211 Å². The van der Waals surface area contributed by atoms with Crippen molar-refractivity contribution in [2.24, 2.45) is 0 Å². The minimum atomic E-state index is -0.435. The third-order valence-electron chi connectivity index (χ3n) is 7.03. The zero-order valence-electron chi connectivity index (χ0n) is 20.6. The van der Waals surface area contributed by atoms with Crippen LogP contribution in [0.25, 0.3) is 39.6 Å². The third-order valence-corrected chi connectivity index (χ3v) is 7.03. The van der Waals surface area contributed by atoms with E-state index in [4.69, 9.17) is 4.74 Å². The zero-order chi connectivity index (χ0) is 25.2. The molecule has 4 nitrogen and oxygen atoms in total. The van der Waals surface area contributed by atoms with Gasteiger partial charge in [-0.2, -0.15) is 4.24 Å². The topological polar surface area (TPSA) is 55.6 Å². The van der Waals surface area contributed by atoms with E-state index in [1.54, 1.807) is 7.11 Å². The van der Waals surface area contributed by atoms with Crippen molar-refractivity contribution in [3.8, 4) is 33.5 Å². The van der Waals surface area contributed by atoms with Gasteiger partial charge in [-0.3, -0.25) is 0 Å². The van der Waals surface area contributed by atoms with Crippen LogP contribution < -0.4 is 9.46 Å². The molecule has 1 aliphatic rings. The summed E-state index contributed by atoms with van der Waals surface area (Å²) < 4.78 is 7.74. The van der Waals surface area contributed by atoms with E-state index < -0.39 is 6.10 Å². The maximum absolute atomic E-state index is 10.00. The summed E-state index contributed by atoms with van der Waals surface area (Å²) in [6.45, 7) is 6.07. The van der Waals surface area contributed by atoms with E-state index in [1.165, 1.54) is 0 Å². The van der Waals surface area contributed by atoms with Gasteiger partial charge >= 0.3 is 0 Å². The average molecular weight is 477 g/mol. The summed E-state index contributed by atoms with van der Waals surface area (Å²) in [5, 5.41) is 21.0. The number of hydrogen-bond donors (Lipinski definition) is 2. The molecule has 1 aromatic heterocycles. The van der Waals surface area contributed by atoms with Crippen LogP contribution in [-0.2, 0) is 4.74 Å². The van der Waals surface area contributed by atoms with Crippen LogP contribution in [0, 0.1) is 13.6 Å². The van der Waals surface area contributed by atoms with Gasteiger partial charge < -0.3 is 14.9 Å². The Bertz CT molecular complexity index is 1500. The van der Waals surface area contributed by atoms with Gasteiger partial charge in [0.2, 0.25) is 5.69 Å². The number of nitrogens with zero attached hydrogens (tertiary/aromatic N) is 1. The van der Waals surface area contributed by atoms with Crippen molar-refractivity contribution >= 4 is 6.08 Å². The largest absolute Gasteiger partial charge is 0.392 e. The number of benzene rings is 3. The van der Waals surface area contributed by atoms with Gasteiger partial charge in [-0.15, -0.1) is 0 Å². The van der Waals surface area contributed by atoms with Crippen molar-refractivity contribution in [1.82, 2.24) is 0 Å². The Hall–Kier alpha value is -3.83. The summed E-state index contributed by atoms with van der Waals surface area (Å²) in [6, 6.07) is 29.5. The highest BCUT2D eigenvalue weighted by atomic mass is 16.5. The van der Waals surface area contributed by atoms with Gasteiger partial charge in [0.15, 0.2) is 5.69 Å². The quantitative estimate of drug-likeness (QED) is 0.397. The number of methoxy groups -OCH3 is 1. The Balaban J connectivity index is 1.78. The number of ether oxygens (including phenoxy) is 1. The number of aliphatic hydroxyl groups excluding tert-OH is 2. The first-order valence-electron chi connectivity index (χ1n) is 12.0. The predicted molar refractivity (Wildman–Crippen MR) is 143 cm³/mol. The molecule has 0 fully saturated rings. The van der Waals surface area contributed by atoms with Crippen LogP contribution in [0.1, 0.15) is 17.4 Å². The maximum atomic E-state index is 10.00. The summed E-state index contributed by atoms with van der Waals surface area (Å²) in [6.07, 6.45) is 1.52. The predicted octanol–water partition coefficient (Wildman–Crippen LogP) is 4.69. The van der Waals surface area contributed by atoms with Crippen molar-refractivity contribution in [3.63, 3.8) is 0 Å². The van der Waals surface area contributed by atoms with Crippen molar-refractivity contribution in [2.75, 3.05) is 20.3 Å². The third kappa shape index (κ3) is 4.20. The van der Waals surface area contributed by atoms with E-state index in [0.29, 0.717) is 11.1 Å². The zero-order valence-corrected chi connectivity index (χ0v) is 20.6. The van der Waals surface area contributed by atoms with Crippen LogP contribution in [0.2, 0.25) is 0 Å². The first-order chi connectivity index (χ1) is 17.5. The molecule has 5 rings (SSSR count). The van der Waals surface area contributed by atoms with E-state index >= 15 is 0 Å². The molecule has 1 aliphatic carbocycles. The standard InChI is InChI=1S/C32H30NO3/c1-21-31-27(17-28(19-34)29(20-35)32(31)36-3)18-30(33(21)2)26-15-24(22-10-6-4-7-11-22)14-25(16-26)23-12-8-5-9-13-23/h4-18,32,34-35H,2,19-20H2,1,3H3/q+1. The molecule has 0 bridgehead atoms. The molecule has 1 unspecified atom stereocenters. The van der Waals surface area contributed by atoms with Crippen LogP contribution >= 0.6 is 0 Å². The molecule has 0 saturated carbocycles. The molecule has 1 atom stereocenters. The fourth-order valence-electron chi connectivity index (χ4n) is 5.12. The molecule has 2 N–H and O–H groups in total. The molecule has 0 amide bonds. The molecule has 0 spiro atoms. The van der Waals surface area contributed by atoms with Gasteiger partial charge in [0.1, 0.15) is 12.8 Å². The highest BCUT2D eigenvalue weighted by Gasteiger charge is 2.30.